The Morgan fingerprint density at radius 3 is 2.45 bits per heavy atom. The second-order valence-corrected chi connectivity index (χ2v) is 11.2. The van der Waals surface area contributed by atoms with E-state index >= 15 is 0 Å². The van der Waals surface area contributed by atoms with Crippen LogP contribution in [0.15, 0.2) is 59.7 Å². The van der Waals surface area contributed by atoms with Crippen molar-refractivity contribution in [1.82, 2.24) is 24.4 Å². The summed E-state index contributed by atoms with van der Waals surface area (Å²) in [5.41, 5.74) is 4.96. The topological polar surface area (TPSA) is 81.8 Å². The summed E-state index contributed by atoms with van der Waals surface area (Å²) in [5.74, 6) is 0.805. The summed E-state index contributed by atoms with van der Waals surface area (Å²) in [6.45, 7) is 2.48. The van der Waals surface area contributed by atoms with E-state index in [2.05, 4.69) is 16.4 Å². The first kappa shape index (κ1) is 24.9. The first-order chi connectivity index (χ1) is 18.5. The van der Waals surface area contributed by atoms with Crippen LogP contribution in [0.3, 0.4) is 0 Å². The van der Waals surface area contributed by atoms with Gasteiger partial charge in [-0.05, 0) is 81.7 Å². The number of aryl methyl sites for hydroxylation is 1. The Labute approximate surface area is 226 Å². The van der Waals surface area contributed by atoms with Crippen molar-refractivity contribution in [3.05, 3.63) is 87.3 Å². The van der Waals surface area contributed by atoms with Crippen LogP contribution in [0.4, 0.5) is 0 Å². The molecule has 8 heteroatoms. The molecule has 38 heavy (non-hydrogen) atoms. The van der Waals surface area contributed by atoms with Crippen LogP contribution in [0, 0.1) is 12.8 Å². The van der Waals surface area contributed by atoms with E-state index in [-0.39, 0.29) is 17.6 Å². The van der Waals surface area contributed by atoms with E-state index in [1.54, 1.807) is 16.8 Å². The molecule has 0 spiro atoms. The lowest BCUT2D eigenvalue weighted by Crippen LogP contribution is -2.39. The highest BCUT2D eigenvalue weighted by Crippen LogP contribution is 2.35. The van der Waals surface area contributed by atoms with Gasteiger partial charge >= 0.3 is 5.69 Å². The van der Waals surface area contributed by atoms with Gasteiger partial charge in [-0.3, -0.25) is 23.9 Å². The molecule has 6 rings (SSSR count). The monoisotopic (exact) mass is 529 g/mol. The van der Waals surface area contributed by atoms with E-state index in [0.29, 0.717) is 34.7 Å². The van der Waals surface area contributed by atoms with Crippen molar-refractivity contribution in [2.45, 2.75) is 70.4 Å². The summed E-state index contributed by atoms with van der Waals surface area (Å²) < 4.78 is 3.71. The lowest BCUT2D eigenvalue weighted by molar-refractivity contribution is 0.0919. The van der Waals surface area contributed by atoms with Gasteiger partial charge in [0.05, 0.1) is 39.2 Å². The third-order valence-corrected chi connectivity index (χ3v) is 8.52. The van der Waals surface area contributed by atoms with Crippen molar-refractivity contribution in [2.24, 2.45) is 5.92 Å². The third-order valence-electron chi connectivity index (χ3n) is 8.31. The number of hydrogen-bond acceptors (Lipinski definition) is 4. The number of carbonyl (C=O) groups excluding carboxylic acids is 1. The minimum absolute atomic E-state index is 0.0243. The lowest BCUT2D eigenvalue weighted by Gasteiger charge is -2.29. The molecule has 1 amide bonds. The van der Waals surface area contributed by atoms with Gasteiger partial charge in [0.2, 0.25) is 0 Å². The highest BCUT2D eigenvalue weighted by molar-refractivity contribution is 6.30. The molecule has 0 bridgehead atoms. The largest absolute Gasteiger partial charge is 0.349 e. The van der Waals surface area contributed by atoms with Gasteiger partial charge in [-0.1, -0.05) is 30.2 Å². The van der Waals surface area contributed by atoms with E-state index < -0.39 is 0 Å². The Bertz CT molecular complexity index is 1530. The first-order valence-electron chi connectivity index (χ1n) is 13.6. The Morgan fingerprint density at radius 1 is 1.00 bits per heavy atom. The summed E-state index contributed by atoms with van der Waals surface area (Å²) in [7, 11) is 0. The van der Waals surface area contributed by atoms with Gasteiger partial charge in [0.25, 0.3) is 5.91 Å². The molecule has 2 fully saturated rings. The summed E-state index contributed by atoms with van der Waals surface area (Å²) in [6.07, 6.45) is 10.7. The predicted octanol–water partition coefficient (Wildman–Crippen LogP) is 5.80. The average molecular weight is 530 g/mol. The molecule has 196 valence electrons. The van der Waals surface area contributed by atoms with Crippen LogP contribution >= 0.6 is 11.6 Å². The number of para-hydroxylation sites is 2. The SMILES string of the molecule is Cc1ncc(Cl)cc1C(=O)N[C@H]1CC[C@H](Cn2c(=O)n(-c3ccc(C4CCC4)nc3)c3ccccc32)CC1. The summed E-state index contributed by atoms with van der Waals surface area (Å²) in [6, 6.07) is 13.9. The van der Waals surface area contributed by atoms with Crippen LogP contribution in [0.2, 0.25) is 5.02 Å². The second kappa shape index (κ2) is 10.4. The third kappa shape index (κ3) is 4.75. The van der Waals surface area contributed by atoms with E-state index in [1.807, 2.05) is 48.0 Å². The smallest absolute Gasteiger partial charge is 0.333 e. The number of nitrogens with zero attached hydrogens (tertiary/aromatic N) is 4. The van der Waals surface area contributed by atoms with Crippen LogP contribution in [0.25, 0.3) is 16.7 Å². The van der Waals surface area contributed by atoms with Gasteiger partial charge in [0, 0.05) is 30.4 Å². The molecule has 0 aliphatic heterocycles. The number of rotatable bonds is 6. The Morgan fingerprint density at radius 2 is 1.76 bits per heavy atom. The molecule has 3 aromatic heterocycles. The number of nitrogens with one attached hydrogen (secondary N) is 1. The zero-order valence-corrected chi connectivity index (χ0v) is 22.3. The molecule has 4 aromatic rings. The minimum atomic E-state index is -0.128. The summed E-state index contributed by atoms with van der Waals surface area (Å²) >= 11 is 6.05. The zero-order chi connectivity index (χ0) is 26.2. The fourth-order valence-electron chi connectivity index (χ4n) is 5.86. The molecule has 7 nitrogen and oxygen atoms in total. The van der Waals surface area contributed by atoms with E-state index in [4.69, 9.17) is 16.6 Å². The second-order valence-electron chi connectivity index (χ2n) is 10.8. The average Bonchev–Trinajstić information content (AvgIpc) is 3.17. The molecule has 2 saturated carbocycles. The van der Waals surface area contributed by atoms with Crippen molar-refractivity contribution < 1.29 is 4.79 Å². The van der Waals surface area contributed by atoms with Gasteiger partial charge in [0.15, 0.2) is 0 Å². The molecular formula is C30H32ClN5O2. The maximum atomic E-state index is 13.7. The maximum Gasteiger partial charge on any atom is 0.333 e. The van der Waals surface area contributed by atoms with E-state index in [1.165, 1.54) is 19.3 Å². The molecule has 0 radical (unpaired) electrons. The number of hydrogen-bond donors (Lipinski definition) is 1. The van der Waals surface area contributed by atoms with Gasteiger partial charge in [-0.25, -0.2) is 4.79 Å². The number of pyridine rings is 2. The lowest BCUT2D eigenvalue weighted by atomic mass is 9.83. The Hall–Kier alpha value is -3.45. The number of halogens is 1. The standard InChI is InChI=1S/C30H32ClN5O2/c1-19-25(15-22(31)16-32-19)29(37)34-23-11-9-20(10-12-23)18-35-27-7-2-3-8-28(27)36(30(35)38)24-13-14-26(33-17-24)21-5-4-6-21/h2-3,7-8,13-17,20-21,23H,4-6,9-12,18H2,1H3,(H,34,37)/t20-,23-. The van der Waals surface area contributed by atoms with Crippen LogP contribution in [-0.2, 0) is 6.54 Å². The number of imidazole rings is 1. The fraction of sp³-hybridized carbons (Fsp3) is 0.400. The van der Waals surface area contributed by atoms with Gasteiger partial charge in [-0.15, -0.1) is 0 Å². The van der Waals surface area contributed by atoms with Crippen LogP contribution in [0.5, 0.6) is 0 Å². The first-order valence-corrected chi connectivity index (χ1v) is 14.0. The maximum absolute atomic E-state index is 13.7. The highest BCUT2D eigenvalue weighted by Gasteiger charge is 2.26. The Kier molecular flexibility index (Phi) is 6.78. The van der Waals surface area contributed by atoms with Crippen LogP contribution < -0.4 is 11.0 Å². The molecule has 0 unspecified atom stereocenters. The molecule has 3 heterocycles. The van der Waals surface area contributed by atoms with Crippen molar-refractivity contribution in [2.75, 3.05) is 0 Å². The van der Waals surface area contributed by atoms with Crippen LogP contribution in [0.1, 0.15) is 72.6 Å². The van der Waals surface area contributed by atoms with Gasteiger partial charge in [0.1, 0.15) is 0 Å². The molecular weight excluding hydrogens is 498 g/mol. The van der Waals surface area contributed by atoms with E-state index in [9.17, 15) is 9.59 Å². The number of aromatic nitrogens is 4. The highest BCUT2D eigenvalue weighted by atomic mass is 35.5. The molecule has 0 saturated heterocycles. The van der Waals surface area contributed by atoms with Crippen LogP contribution in [-0.4, -0.2) is 31.1 Å². The number of benzene rings is 1. The van der Waals surface area contributed by atoms with Crippen molar-refractivity contribution in [3.8, 4) is 5.69 Å². The van der Waals surface area contributed by atoms with E-state index in [0.717, 1.165) is 48.1 Å². The minimum Gasteiger partial charge on any atom is -0.349 e. The molecule has 1 N–H and O–H groups in total. The quantitative estimate of drug-likeness (QED) is 0.342. The summed E-state index contributed by atoms with van der Waals surface area (Å²) in [5, 5.41) is 3.62. The van der Waals surface area contributed by atoms with Crippen molar-refractivity contribution >= 4 is 28.5 Å². The van der Waals surface area contributed by atoms with Gasteiger partial charge < -0.3 is 5.32 Å². The van der Waals surface area contributed by atoms with Crippen molar-refractivity contribution in [3.63, 3.8) is 0 Å². The predicted molar refractivity (Wildman–Crippen MR) is 149 cm³/mol. The van der Waals surface area contributed by atoms with Gasteiger partial charge in [-0.2, -0.15) is 0 Å². The normalized spacial score (nSPS) is 19.8. The molecule has 2 aliphatic rings. The fourth-order valence-corrected chi connectivity index (χ4v) is 6.02. The zero-order valence-electron chi connectivity index (χ0n) is 21.6. The number of fused-ring (bicyclic) bond motifs is 1. The van der Waals surface area contributed by atoms with Crippen molar-refractivity contribution in [1.29, 1.82) is 0 Å². The molecule has 0 atom stereocenters. The molecule has 1 aromatic carbocycles. The number of carbonyl (C=O) groups is 1. The Balaban J connectivity index is 1.16. The number of amides is 1. The summed E-state index contributed by atoms with van der Waals surface area (Å²) in [4.78, 5) is 35.4. The molecule has 2 aliphatic carbocycles.